The van der Waals surface area contributed by atoms with Crippen LogP contribution >= 0.6 is 11.6 Å². The van der Waals surface area contributed by atoms with Gasteiger partial charge in [-0.15, -0.1) is 0 Å². The quantitative estimate of drug-likeness (QED) is 0.137. The predicted molar refractivity (Wildman–Crippen MR) is 210 cm³/mol. The molecule has 3 saturated heterocycles. The summed E-state index contributed by atoms with van der Waals surface area (Å²) in [6.45, 7) is 4.09. The smallest absolute Gasteiger partial charge is 0.418 e. The number of nitrogen functional groups attached to an aromatic ring is 1. The summed E-state index contributed by atoms with van der Waals surface area (Å²) in [6, 6.07) is 9.49. The summed E-state index contributed by atoms with van der Waals surface area (Å²) in [5.41, 5.74) is 5.76. The van der Waals surface area contributed by atoms with Crippen molar-refractivity contribution in [3.8, 4) is 0 Å². The number of piperidine rings is 3. The molecule has 318 valence electrons. The Balaban J connectivity index is 1.08. The first kappa shape index (κ1) is 43.3. The lowest BCUT2D eigenvalue weighted by molar-refractivity contribution is -0.151. The lowest BCUT2D eigenvalue weighted by Crippen LogP contribution is -2.53. The van der Waals surface area contributed by atoms with E-state index in [4.69, 9.17) is 31.9 Å². The van der Waals surface area contributed by atoms with E-state index in [0.717, 1.165) is 36.7 Å². The number of ether oxygens (including phenoxy) is 2. The van der Waals surface area contributed by atoms with Gasteiger partial charge in [-0.2, -0.15) is 13.2 Å². The Morgan fingerprint density at radius 3 is 2.40 bits per heavy atom. The van der Waals surface area contributed by atoms with Gasteiger partial charge in [0.1, 0.15) is 6.61 Å². The van der Waals surface area contributed by atoms with Gasteiger partial charge in [0.2, 0.25) is 0 Å². The van der Waals surface area contributed by atoms with Crippen LogP contribution in [0.3, 0.4) is 0 Å². The van der Waals surface area contributed by atoms with Crippen LogP contribution in [0.4, 0.5) is 34.1 Å². The molecular weight excluding hydrogens is 783 g/mol. The van der Waals surface area contributed by atoms with Crippen molar-refractivity contribution in [2.45, 2.75) is 75.7 Å². The van der Waals surface area contributed by atoms with E-state index >= 15 is 0 Å². The van der Waals surface area contributed by atoms with Crippen LogP contribution in [0.2, 0.25) is 5.02 Å². The highest BCUT2D eigenvalue weighted by molar-refractivity contribution is 6.33. The molecule has 58 heavy (non-hydrogen) atoms. The van der Waals surface area contributed by atoms with Crippen LogP contribution < -0.4 is 16.4 Å². The molecule has 2 aromatic rings. The van der Waals surface area contributed by atoms with Crippen LogP contribution in [0.1, 0.15) is 55.2 Å². The Morgan fingerprint density at radius 1 is 0.966 bits per heavy atom. The van der Waals surface area contributed by atoms with E-state index < -0.39 is 35.5 Å². The molecule has 4 heterocycles. The number of amides is 4. The summed E-state index contributed by atoms with van der Waals surface area (Å²) < 4.78 is 53.1. The Labute approximate surface area is 341 Å². The first-order valence-electron chi connectivity index (χ1n) is 20.1. The maximum Gasteiger partial charge on any atom is 0.418 e. The number of nitrogens with one attached hydrogen (secondary N) is 2. The molecular formula is C40H53ClF3N7O7. The molecule has 14 nitrogen and oxygen atoms in total. The van der Waals surface area contributed by atoms with Gasteiger partial charge in [-0.3, -0.25) is 14.5 Å². The normalized spacial score (nSPS) is 20.5. The van der Waals surface area contributed by atoms with Gasteiger partial charge in [0.25, 0.3) is 5.91 Å². The molecule has 4 amide bonds. The molecule has 3 fully saturated rings. The molecule has 4 aliphatic heterocycles. The highest BCUT2D eigenvalue weighted by Crippen LogP contribution is 2.38. The second-order valence-corrected chi connectivity index (χ2v) is 15.8. The van der Waals surface area contributed by atoms with E-state index in [-0.39, 0.29) is 73.3 Å². The molecule has 4 aliphatic rings. The third kappa shape index (κ3) is 10.8. The minimum absolute atomic E-state index is 0.0000608. The number of fused-ring (bicyclic) bond motifs is 1. The van der Waals surface area contributed by atoms with E-state index in [0.29, 0.717) is 71.4 Å². The first-order valence-corrected chi connectivity index (χ1v) is 20.5. The van der Waals surface area contributed by atoms with Crippen LogP contribution in [0, 0.1) is 5.92 Å². The molecule has 0 aromatic heterocycles. The highest BCUT2D eigenvalue weighted by Gasteiger charge is 2.39. The van der Waals surface area contributed by atoms with Crippen molar-refractivity contribution < 1.29 is 46.9 Å². The molecule has 18 heteroatoms. The number of hydrogen-bond donors (Lipinski definition) is 4. The Hall–Kier alpha value is -4.32. The number of carbonyl (C=O) groups is 4. The van der Waals surface area contributed by atoms with Crippen LogP contribution in [-0.4, -0.2) is 139 Å². The standard InChI is InChI=1S/C40H53ClF3N7O7/c41-32-23-26(22-31(35(32)45)40(42,43)44)24-34(58-39(56)49-17-10-30(11-18-49)51-19-7-27-4-1-2-6-33(27)47-38(51)55)36(53)48-15-8-29(9-16-48)50-14-3-5-28(25-50)37(54)57-21-13-46-12-20-52/h1-2,4,6,22-23,28-30,34,46,52H,3,5,7-21,24-25,45H2,(H,47,55)/t28?,34-/m1/s1. The number of benzene rings is 2. The number of likely N-dealkylation sites (tertiary alicyclic amines) is 3. The summed E-state index contributed by atoms with van der Waals surface area (Å²) in [4.78, 5) is 60.9. The summed E-state index contributed by atoms with van der Waals surface area (Å²) in [6.07, 6.45) is -3.02. The third-order valence-corrected chi connectivity index (χ3v) is 11.9. The minimum Gasteiger partial charge on any atom is -0.464 e. The molecule has 1 unspecified atom stereocenters. The van der Waals surface area contributed by atoms with Crippen LogP contribution in [0.5, 0.6) is 0 Å². The molecule has 0 bridgehead atoms. The third-order valence-electron chi connectivity index (χ3n) is 11.6. The molecule has 6 rings (SSSR count). The lowest BCUT2D eigenvalue weighted by Gasteiger charge is -2.42. The number of nitrogens with two attached hydrogens (primary N) is 1. The second kappa shape index (κ2) is 19.6. The van der Waals surface area contributed by atoms with Gasteiger partial charge < -0.3 is 45.6 Å². The zero-order valence-corrected chi connectivity index (χ0v) is 33.2. The van der Waals surface area contributed by atoms with E-state index in [1.165, 1.54) is 11.0 Å². The molecule has 0 aliphatic carbocycles. The van der Waals surface area contributed by atoms with Crippen molar-refractivity contribution in [2.24, 2.45) is 5.92 Å². The van der Waals surface area contributed by atoms with Crippen molar-refractivity contribution in [1.29, 1.82) is 0 Å². The molecule has 5 N–H and O–H groups in total. The fourth-order valence-electron chi connectivity index (χ4n) is 8.45. The van der Waals surface area contributed by atoms with Crippen molar-refractivity contribution >= 4 is 47.0 Å². The predicted octanol–water partition coefficient (Wildman–Crippen LogP) is 4.37. The van der Waals surface area contributed by atoms with Crippen molar-refractivity contribution in [2.75, 3.05) is 83.2 Å². The number of para-hydroxylation sites is 1. The molecule has 2 aromatic carbocycles. The van der Waals surface area contributed by atoms with Gasteiger partial charge >= 0.3 is 24.3 Å². The number of aliphatic hydroxyl groups is 1. The highest BCUT2D eigenvalue weighted by atomic mass is 35.5. The number of urea groups is 1. The Kier molecular flexibility index (Phi) is 14.6. The van der Waals surface area contributed by atoms with Crippen LogP contribution in [0.15, 0.2) is 36.4 Å². The topological polar surface area (TPSA) is 170 Å². The fourth-order valence-corrected chi connectivity index (χ4v) is 8.69. The maximum atomic E-state index is 14.2. The van der Waals surface area contributed by atoms with Gasteiger partial charge in [-0.25, -0.2) is 9.59 Å². The largest absolute Gasteiger partial charge is 0.464 e. The Morgan fingerprint density at radius 2 is 1.67 bits per heavy atom. The SMILES string of the molecule is Nc1c(Cl)cc(C[C@@H](OC(=O)N2CCC(N3CCc4ccccc4NC3=O)CC2)C(=O)N2CCC(N3CCCC(C(=O)OCCNCCO)C3)CC2)cc1C(F)(F)F. The fraction of sp³-hybridized carbons (Fsp3) is 0.600. The van der Waals surface area contributed by atoms with Gasteiger partial charge in [0, 0.05) is 76.5 Å². The zero-order valence-electron chi connectivity index (χ0n) is 32.5. The van der Waals surface area contributed by atoms with E-state index in [2.05, 4.69) is 15.5 Å². The first-order chi connectivity index (χ1) is 27.8. The van der Waals surface area contributed by atoms with Gasteiger partial charge in [0.15, 0.2) is 6.10 Å². The average Bonchev–Trinajstić information content (AvgIpc) is 3.39. The molecule has 0 spiro atoms. The summed E-state index contributed by atoms with van der Waals surface area (Å²) in [7, 11) is 0. The number of hydrogen-bond acceptors (Lipinski definition) is 10. The number of halogens is 4. The van der Waals surface area contributed by atoms with E-state index in [9.17, 15) is 32.3 Å². The number of anilines is 2. The maximum absolute atomic E-state index is 14.2. The van der Waals surface area contributed by atoms with E-state index in [1.807, 2.05) is 24.3 Å². The second-order valence-electron chi connectivity index (χ2n) is 15.4. The van der Waals surface area contributed by atoms with Gasteiger partial charge in [-0.05, 0) is 80.8 Å². The van der Waals surface area contributed by atoms with Crippen molar-refractivity contribution in [3.05, 3.63) is 58.1 Å². The summed E-state index contributed by atoms with van der Waals surface area (Å²) in [5, 5.41) is 14.5. The van der Waals surface area contributed by atoms with Gasteiger partial charge in [0.05, 0.1) is 28.8 Å². The van der Waals surface area contributed by atoms with Crippen molar-refractivity contribution in [3.63, 3.8) is 0 Å². The monoisotopic (exact) mass is 835 g/mol. The van der Waals surface area contributed by atoms with Crippen LogP contribution in [0.25, 0.3) is 0 Å². The minimum atomic E-state index is -4.80. The summed E-state index contributed by atoms with van der Waals surface area (Å²) in [5.74, 6) is -1.06. The van der Waals surface area contributed by atoms with Gasteiger partial charge in [-0.1, -0.05) is 29.8 Å². The Bertz CT molecular complexity index is 1770. The number of aliphatic hydroxyl groups excluding tert-OH is 1. The summed E-state index contributed by atoms with van der Waals surface area (Å²) >= 11 is 6.14. The average molecular weight is 836 g/mol. The molecule has 2 atom stereocenters. The van der Waals surface area contributed by atoms with Crippen LogP contribution in [-0.2, 0) is 38.1 Å². The zero-order chi connectivity index (χ0) is 41.4. The lowest BCUT2D eigenvalue weighted by atomic mass is 9.93. The number of alkyl halides is 3. The number of carbonyl (C=O) groups excluding carboxylic acids is 4. The van der Waals surface area contributed by atoms with E-state index in [1.54, 1.807) is 9.80 Å². The van der Waals surface area contributed by atoms with Crippen molar-refractivity contribution in [1.82, 2.24) is 24.9 Å². The number of rotatable bonds is 12. The molecule has 0 radical (unpaired) electrons. The number of nitrogens with zero attached hydrogens (tertiary/aromatic N) is 4. The molecule has 0 saturated carbocycles. The number of esters is 1.